The molecule has 0 bridgehead atoms. The highest BCUT2D eigenvalue weighted by molar-refractivity contribution is 5.76. The van der Waals surface area contributed by atoms with Gasteiger partial charge < -0.3 is 10.2 Å². The van der Waals surface area contributed by atoms with E-state index in [2.05, 4.69) is 57.6 Å². The van der Waals surface area contributed by atoms with E-state index in [4.69, 9.17) is 0 Å². The average Bonchev–Trinajstić information content (AvgIpc) is 3.13. The number of nitrogens with zero attached hydrogens (tertiary/aromatic N) is 2. The number of hydrogen-bond donors (Lipinski definition) is 1. The lowest BCUT2D eigenvalue weighted by atomic mass is 10.1. The third kappa shape index (κ3) is 5.10. The quantitative estimate of drug-likeness (QED) is 0.618. The van der Waals surface area contributed by atoms with Crippen molar-refractivity contribution in [2.75, 3.05) is 44.2 Å². The predicted molar refractivity (Wildman–Crippen MR) is 99.2 cm³/mol. The first-order valence-corrected chi connectivity index (χ1v) is 9.27. The molecule has 1 aliphatic carbocycles. The maximum absolute atomic E-state index is 11.9. The Hall–Kier alpha value is -1.81. The fourth-order valence-corrected chi connectivity index (χ4v) is 3.57. The van der Waals surface area contributed by atoms with Crippen LogP contribution in [0.1, 0.15) is 25.7 Å². The van der Waals surface area contributed by atoms with Crippen LogP contribution in [0, 0.1) is 5.92 Å². The van der Waals surface area contributed by atoms with Gasteiger partial charge in [0.05, 0.1) is 0 Å². The van der Waals surface area contributed by atoms with Gasteiger partial charge in [0.25, 0.3) is 0 Å². The number of amides is 1. The highest BCUT2D eigenvalue weighted by atomic mass is 16.1. The molecule has 1 unspecified atom stereocenters. The van der Waals surface area contributed by atoms with Gasteiger partial charge in [-0.2, -0.15) is 0 Å². The average molecular weight is 327 g/mol. The Bertz CT molecular complexity index is 535. The first-order chi connectivity index (χ1) is 11.8. The summed E-state index contributed by atoms with van der Waals surface area (Å²) in [4.78, 5) is 16.8. The fourth-order valence-electron chi connectivity index (χ4n) is 3.57. The van der Waals surface area contributed by atoms with E-state index < -0.39 is 0 Å². The Morgan fingerprint density at radius 1 is 1.12 bits per heavy atom. The number of carbonyl (C=O) groups is 1. The van der Waals surface area contributed by atoms with Gasteiger partial charge in [0, 0.05) is 44.8 Å². The number of nitrogens with one attached hydrogen (secondary N) is 1. The number of carbonyl (C=O) groups excluding carboxylic acids is 1. The topological polar surface area (TPSA) is 35.6 Å². The molecule has 4 heteroatoms. The van der Waals surface area contributed by atoms with Crippen molar-refractivity contribution in [3.05, 3.63) is 42.5 Å². The van der Waals surface area contributed by atoms with Crippen molar-refractivity contribution in [3.8, 4) is 0 Å². The molecule has 24 heavy (non-hydrogen) atoms. The molecule has 0 aromatic heterocycles. The molecule has 1 heterocycles. The Kier molecular flexibility index (Phi) is 6.30. The van der Waals surface area contributed by atoms with Crippen LogP contribution in [-0.4, -0.2) is 50.1 Å². The number of piperazine rings is 1. The lowest BCUT2D eigenvalue weighted by Crippen LogP contribution is -2.47. The minimum atomic E-state index is 0.209. The van der Waals surface area contributed by atoms with Crippen molar-refractivity contribution in [2.45, 2.75) is 25.7 Å². The molecule has 3 rings (SSSR count). The van der Waals surface area contributed by atoms with Crippen LogP contribution < -0.4 is 10.2 Å². The molecule has 130 valence electrons. The van der Waals surface area contributed by atoms with Gasteiger partial charge in [0.15, 0.2) is 0 Å². The maximum Gasteiger partial charge on any atom is 0.220 e. The largest absolute Gasteiger partial charge is 0.369 e. The molecule has 0 radical (unpaired) electrons. The summed E-state index contributed by atoms with van der Waals surface area (Å²) in [7, 11) is 0. The third-order valence-corrected chi connectivity index (χ3v) is 5.03. The van der Waals surface area contributed by atoms with Crippen molar-refractivity contribution >= 4 is 11.6 Å². The monoisotopic (exact) mass is 327 g/mol. The molecule has 1 aliphatic heterocycles. The number of anilines is 1. The molecule has 4 nitrogen and oxygen atoms in total. The van der Waals surface area contributed by atoms with Gasteiger partial charge in [0.2, 0.25) is 5.91 Å². The zero-order valence-corrected chi connectivity index (χ0v) is 14.5. The molecule has 1 fully saturated rings. The van der Waals surface area contributed by atoms with E-state index >= 15 is 0 Å². The normalized spacial score (nSPS) is 21.2. The van der Waals surface area contributed by atoms with Gasteiger partial charge in [-0.3, -0.25) is 9.69 Å². The summed E-state index contributed by atoms with van der Waals surface area (Å²) >= 11 is 0. The van der Waals surface area contributed by atoms with Gasteiger partial charge in [-0.25, -0.2) is 0 Å². The minimum Gasteiger partial charge on any atom is -0.369 e. The first kappa shape index (κ1) is 17.0. The van der Waals surface area contributed by atoms with Gasteiger partial charge in [-0.05, 0) is 43.9 Å². The molecule has 1 aromatic rings. The lowest BCUT2D eigenvalue weighted by Gasteiger charge is -2.36. The number of allylic oxidation sites excluding steroid dienone is 2. The zero-order valence-electron chi connectivity index (χ0n) is 14.5. The minimum absolute atomic E-state index is 0.209. The van der Waals surface area contributed by atoms with Crippen LogP contribution in [0.5, 0.6) is 0 Å². The summed E-state index contributed by atoms with van der Waals surface area (Å²) in [5, 5.41) is 3.07. The van der Waals surface area contributed by atoms with E-state index in [0.717, 1.165) is 58.5 Å². The summed E-state index contributed by atoms with van der Waals surface area (Å²) in [5.41, 5.74) is 1.32. The van der Waals surface area contributed by atoms with Gasteiger partial charge in [-0.15, -0.1) is 0 Å². The van der Waals surface area contributed by atoms with Gasteiger partial charge in [0.1, 0.15) is 0 Å². The van der Waals surface area contributed by atoms with Crippen LogP contribution in [0.2, 0.25) is 0 Å². The van der Waals surface area contributed by atoms with Crippen LogP contribution >= 0.6 is 0 Å². The van der Waals surface area contributed by atoms with Gasteiger partial charge in [-0.1, -0.05) is 30.4 Å². The first-order valence-electron chi connectivity index (χ1n) is 9.27. The van der Waals surface area contributed by atoms with E-state index in [0.29, 0.717) is 12.3 Å². The maximum atomic E-state index is 11.9. The summed E-state index contributed by atoms with van der Waals surface area (Å²) in [6.45, 7) is 6.26. The second kappa shape index (κ2) is 8.88. The van der Waals surface area contributed by atoms with Crippen LogP contribution in [-0.2, 0) is 4.79 Å². The molecule has 1 atom stereocenters. The van der Waals surface area contributed by atoms with E-state index in [-0.39, 0.29) is 5.91 Å². The second-order valence-corrected chi connectivity index (χ2v) is 6.84. The molecule has 1 saturated heterocycles. The van der Waals surface area contributed by atoms with Crippen molar-refractivity contribution < 1.29 is 4.79 Å². The molecule has 2 aliphatic rings. The van der Waals surface area contributed by atoms with Crippen LogP contribution in [0.3, 0.4) is 0 Å². The number of rotatable bonds is 7. The van der Waals surface area contributed by atoms with Gasteiger partial charge >= 0.3 is 0 Å². The van der Waals surface area contributed by atoms with Crippen LogP contribution in [0.15, 0.2) is 42.5 Å². The Balaban J connectivity index is 1.27. The molecule has 0 saturated carbocycles. The molecule has 0 spiro atoms. The summed E-state index contributed by atoms with van der Waals surface area (Å²) < 4.78 is 0. The van der Waals surface area contributed by atoms with Crippen molar-refractivity contribution in [1.82, 2.24) is 10.2 Å². The fraction of sp³-hybridized carbons (Fsp3) is 0.550. The van der Waals surface area contributed by atoms with Crippen LogP contribution in [0.4, 0.5) is 5.69 Å². The smallest absolute Gasteiger partial charge is 0.220 e. The zero-order chi connectivity index (χ0) is 16.6. The molecule has 1 N–H and O–H groups in total. The number of hydrogen-bond acceptors (Lipinski definition) is 3. The van der Waals surface area contributed by atoms with Crippen molar-refractivity contribution in [3.63, 3.8) is 0 Å². The van der Waals surface area contributed by atoms with Crippen molar-refractivity contribution in [2.24, 2.45) is 5.92 Å². The summed E-state index contributed by atoms with van der Waals surface area (Å²) in [6.07, 6.45) is 8.34. The highest BCUT2D eigenvalue weighted by Gasteiger charge is 2.17. The lowest BCUT2D eigenvalue weighted by molar-refractivity contribution is -0.121. The Morgan fingerprint density at radius 2 is 1.92 bits per heavy atom. The molecule has 1 aromatic carbocycles. The standard InChI is InChI=1S/C20H29N3O/c24-20(17-18-7-4-5-8-18)21-11-6-12-22-13-15-23(16-14-22)19-9-2-1-3-10-19/h1-4,7,9-10,18H,5-6,8,11-17H2,(H,21,24). The molecular formula is C20H29N3O. The predicted octanol–water partition coefficient (Wildman–Crippen LogP) is 2.67. The van der Waals surface area contributed by atoms with Crippen LogP contribution in [0.25, 0.3) is 0 Å². The Labute approximate surface area is 145 Å². The Morgan fingerprint density at radius 3 is 2.62 bits per heavy atom. The highest BCUT2D eigenvalue weighted by Crippen LogP contribution is 2.20. The summed E-state index contributed by atoms with van der Waals surface area (Å²) in [6, 6.07) is 10.6. The van der Waals surface area contributed by atoms with Crippen molar-refractivity contribution in [1.29, 1.82) is 0 Å². The SMILES string of the molecule is O=C(CC1C=CCC1)NCCCN1CCN(c2ccccc2)CC1. The number of benzene rings is 1. The molecular weight excluding hydrogens is 298 g/mol. The number of para-hydroxylation sites is 1. The van der Waals surface area contributed by atoms with E-state index in [9.17, 15) is 4.79 Å². The van der Waals surface area contributed by atoms with E-state index in [1.807, 2.05) is 0 Å². The van der Waals surface area contributed by atoms with E-state index in [1.165, 1.54) is 5.69 Å². The second-order valence-electron chi connectivity index (χ2n) is 6.84. The summed E-state index contributed by atoms with van der Waals surface area (Å²) in [5.74, 6) is 0.677. The van der Waals surface area contributed by atoms with E-state index in [1.54, 1.807) is 0 Å². The molecule has 1 amide bonds. The third-order valence-electron chi connectivity index (χ3n) is 5.03.